The van der Waals surface area contributed by atoms with Crippen molar-refractivity contribution in [1.82, 2.24) is 62.7 Å². The van der Waals surface area contributed by atoms with Crippen molar-refractivity contribution in [3.8, 4) is 97.0 Å². The van der Waals surface area contributed by atoms with E-state index in [1.807, 2.05) is 121 Å². The number of rotatable bonds is 11. The zero-order chi connectivity index (χ0) is 90.8. The summed E-state index contributed by atoms with van der Waals surface area (Å²) >= 11 is 0. The van der Waals surface area contributed by atoms with Crippen LogP contribution >= 0.6 is 0 Å². The van der Waals surface area contributed by atoms with Crippen LogP contribution in [0.1, 0.15) is 0 Å². The number of pyridine rings is 1. The van der Waals surface area contributed by atoms with Crippen molar-refractivity contribution in [3.63, 3.8) is 0 Å². The second kappa shape index (κ2) is 32.6. The van der Waals surface area contributed by atoms with Crippen LogP contribution in [0.15, 0.2) is 473 Å². The molecular weight excluding hydrogens is 1680 g/mol. The van der Waals surface area contributed by atoms with E-state index >= 15 is 0 Å². The lowest BCUT2D eigenvalue weighted by molar-refractivity contribution is 0.954. The third kappa shape index (κ3) is 13.0. The number of nitrogens with zero attached hydrogens (tertiary/aromatic N) is 12. The Kier molecular flexibility index (Phi) is 18.6. The third-order valence-corrected chi connectivity index (χ3v) is 27.2. The highest BCUT2D eigenvalue weighted by Gasteiger charge is 2.28. The van der Waals surface area contributed by atoms with Crippen LogP contribution in [0.25, 0.3) is 260 Å². The standard InChI is InChI=1S/C45H29N3.C43H27N5.C37H23N5/c1-4-15-31(16-5-1)39-26-34(27-40(46-39)32-17-6-2-7-18-32)48-42-25-24-30-14-10-11-21-35(30)45(42)38-28-37-36-22-12-13-23-41(36)47(43(37)29-44(38)48)33-19-8-3-9-20-33;1-4-14-28(15-5-1)41-44-42(29-16-6-2-7-17-29)46-43(45-41)48-38-23-13-11-21-32(38)34-25-26-35-36(40(34)48)27-24-33-31-20-10-12-22-37(31)47(39(33)35)30-18-8-3-9-19-30;1-3-12-24(13-4-1)35-39-36(25-14-5-2-6-15-25)41-37(40-35)42-31-18-10-9-17-27(31)28-20-21-29-32-26-16-8-7-11-23(26)19-22-30(32)38-33(29)34(28)42/h1-29H;1-27H;1-22,38H. The Morgan fingerprint density at radius 3 is 0.942 bits per heavy atom. The Labute approximate surface area is 790 Å². The lowest BCUT2D eigenvalue weighted by Crippen LogP contribution is -2.06. The molecule has 0 unspecified atom stereocenters. The number of hydrogen-bond donors (Lipinski definition) is 1. The molecule has 13 nitrogen and oxygen atoms in total. The van der Waals surface area contributed by atoms with Crippen LogP contribution in [-0.4, -0.2) is 62.7 Å². The normalized spacial score (nSPS) is 11.8. The number of benzene rings is 20. The largest absolute Gasteiger partial charge is 0.353 e. The first-order valence-electron chi connectivity index (χ1n) is 46.6. The van der Waals surface area contributed by atoms with E-state index in [0.29, 0.717) is 35.2 Å². The quantitative estimate of drug-likeness (QED) is 0.136. The molecule has 0 radical (unpaired) electrons. The van der Waals surface area contributed by atoms with Gasteiger partial charge in [-0.15, -0.1) is 0 Å². The van der Waals surface area contributed by atoms with Gasteiger partial charge in [-0.1, -0.05) is 388 Å². The van der Waals surface area contributed by atoms with E-state index in [9.17, 15) is 0 Å². The molecule has 0 aliphatic heterocycles. The summed E-state index contributed by atoms with van der Waals surface area (Å²) in [5, 5.41) is 21.7. The van der Waals surface area contributed by atoms with Gasteiger partial charge in [0.25, 0.3) is 0 Å². The Morgan fingerprint density at radius 2 is 0.486 bits per heavy atom. The molecule has 644 valence electrons. The Bertz CT molecular complexity index is 9710. The van der Waals surface area contributed by atoms with E-state index in [4.69, 9.17) is 34.9 Å². The molecular formula is C125H79N13. The average molecular weight is 1760 g/mol. The third-order valence-electron chi connectivity index (χ3n) is 27.2. The highest BCUT2D eigenvalue weighted by molar-refractivity contribution is 6.30. The van der Waals surface area contributed by atoms with Crippen LogP contribution in [0.4, 0.5) is 0 Å². The van der Waals surface area contributed by atoms with Crippen LogP contribution < -0.4 is 0 Å². The molecule has 0 aliphatic rings. The predicted molar refractivity (Wildman–Crippen MR) is 570 cm³/mol. The van der Waals surface area contributed by atoms with Gasteiger partial charge in [0.2, 0.25) is 11.9 Å². The summed E-state index contributed by atoms with van der Waals surface area (Å²) in [6.07, 6.45) is 0. The van der Waals surface area contributed by atoms with E-state index in [-0.39, 0.29) is 0 Å². The summed E-state index contributed by atoms with van der Waals surface area (Å²) in [6, 6.07) is 166. The first-order valence-corrected chi connectivity index (χ1v) is 46.6. The number of H-pyrrole nitrogens is 1. The number of para-hydroxylation sites is 6. The number of hydrogen-bond acceptors (Lipinski definition) is 7. The van der Waals surface area contributed by atoms with E-state index < -0.39 is 0 Å². The van der Waals surface area contributed by atoms with Crippen molar-refractivity contribution >= 4 is 163 Å². The van der Waals surface area contributed by atoms with Gasteiger partial charge in [0, 0.05) is 126 Å². The molecule has 20 aromatic carbocycles. The molecule has 9 heterocycles. The van der Waals surface area contributed by atoms with Gasteiger partial charge in [-0.25, -0.2) is 15.0 Å². The highest BCUT2D eigenvalue weighted by atomic mass is 15.2. The number of fused-ring (bicyclic) bond motifs is 26. The van der Waals surface area contributed by atoms with Gasteiger partial charge in [-0.3, -0.25) is 9.13 Å². The van der Waals surface area contributed by atoms with Crippen LogP contribution in [0.3, 0.4) is 0 Å². The maximum atomic E-state index is 5.21. The molecule has 29 rings (SSSR count). The Balaban J connectivity index is 0.000000105. The number of nitrogens with one attached hydrogen (secondary N) is 1. The monoisotopic (exact) mass is 1760 g/mol. The predicted octanol–water partition coefficient (Wildman–Crippen LogP) is 31.4. The minimum Gasteiger partial charge on any atom is -0.353 e. The highest BCUT2D eigenvalue weighted by Crippen LogP contribution is 2.48. The number of aromatic amines is 1. The molecule has 1 N–H and O–H groups in total. The summed E-state index contributed by atoms with van der Waals surface area (Å²) < 4.78 is 11.7. The van der Waals surface area contributed by atoms with Crippen molar-refractivity contribution < 1.29 is 0 Å². The van der Waals surface area contributed by atoms with Crippen molar-refractivity contribution in [3.05, 3.63) is 473 Å². The Morgan fingerprint density at radius 1 is 0.167 bits per heavy atom. The van der Waals surface area contributed by atoms with Gasteiger partial charge in [0.05, 0.1) is 77.8 Å². The smallest absolute Gasteiger partial charge is 0.238 e. The average Bonchev–Trinajstić information content (AvgIpc) is 1.55. The summed E-state index contributed by atoms with van der Waals surface area (Å²) in [7, 11) is 0. The molecule has 29 aromatic rings. The second-order valence-corrected chi connectivity index (χ2v) is 35.1. The van der Waals surface area contributed by atoms with Crippen LogP contribution in [0.2, 0.25) is 0 Å². The molecule has 0 bridgehead atoms. The zero-order valence-corrected chi connectivity index (χ0v) is 74.4. The van der Waals surface area contributed by atoms with Gasteiger partial charge >= 0.3 is 0 Å². The fourth-order valence-corrected chi connectivity index (χ4v) is 21.1. The summed E-state index contributed by atoms with van der Waals surface area (Å²) in [6.45, 7) is 0. The van der Waals surface area contributed by atoms with Crippen molar-refractivity contribution in [2.75, 3.05) is 0 Å². The Hall–Kier alpha value is -18.9. The second-order valence-electron chi connectivity index (χ2n) is 35.1. The van der Waals surface area contributed by atoms with E-state index in [1.165, 1.54) is 97.6 Å². The van der Waals surface area contributed by atoms with Gasteiger partial charge < -0.3 is 18.7 Å². The van der Waals surface area contributed by atoms with Gasteiger partial charge in [0.1, 0.15) is 0 Å². The van der Waals surface area contributed by atoms with E-state index in [0.717, 1.165) is 127 Å². The molecule has 0 saturated heterocycles. The maximum absolute atomic E-state index is 5.21. The first kappa shape index (κ1) is 78.9. The van der Waals surface area contributed by atoms with Crippen LogP contribution in [0.5, 0.6) is 0 Å². The molecule has 13 heteroatoms. The lowest BCUT2D eigenvalue weighted by atomic mass is 10.0. The van der Waals surface area contributed by atoms with Crippen molar-refractivity contribution in [2.45, 2.75) is 0 Å². The van der Waals surface area contributed by atoms with E-state index in [1.54, 1.807) is 0 Å². The minimum atomic E-state index is 0.588. The molecule has 0 saturated carbocycles. The minimum absolute atomic E-state index is 0.588. The van der Waals surface area contributed by atoms with Gasteiger partial charge in [-0.05, 0) is 106 Å². The molecule has 0 aliphatic carbocycles. The van der Waals surface area contributed by atoms with Crippen molar-refractivity contribution in [2.24, 2.45) is 0 Å². The maximum Gasteiger partial charge on any atom is 0.238 e. The summed E-state index contributed by atoms with van der Waals surface area (Å²) in [5.41, 5.74) is 24.7. The van der Waals surface area contributed by atoms with Crippen LogP contribution in [0, 0.1) is 0 Å². The van der Waals surface area contributed by atoms with Gasteiger partial charge in [0.15, 0.2) is 23.3 Å². The summed E-state index contributed by atoms with van der Waals surface area (Å²) in [4.78, 5) is 39.5. The molecule has 0 spiro atoms. The fraction of sp³-hybridized carbons (Fsp3) is 0. The molecule has 0 amide bonds. The van der Waals surface area contributed by atoms with E-state index in [2.05, 4.69) is 380 Å². The molecule has 9 aromatic heterocycles. The molecule has 138 heavy (non-hydrogen) atoms. The fourth-order valence-electron chi connectivity index (χ4n) is 21.1. The van der Waals surface area contributed by atoms with Crippen molar-refractivity contribution in [1.29, 1.82) is 0 Å². The summed E-state index contributed by atoms with van der Waals surface area (Å²) in [5.74, 6) is 3.73. The molecule has 0 fully saturated rings. The first-order chi connectivity index (χ1) is 68.5. The molecule has 0 atom stereocenters. The lowest BCUT2D eigenvalue weighted by Gasteiger charge is -2.14. The zero-order valence-electron chi connectivity index (χ0n) is 74.4. The van der Waals surface area contributed by atoms with Gasteiger partial charge in [-0.2, -0.15) is 19.9 Å². The SMILES string of the molecule is c1ccc(-c2cc(-n3c4cc5c(cc4c4c6ccccc6ccc43)c3ccccc3n5-c3ccccc3)cc(-c3ccccc3)n2)cc1.c1ccc(-c2nc(-c3ccccc3)nc(-n3c4ccccc4c4ccc5c([nH]c6ccc7ccccc7c65)c43)n2)cc1.c1ccc(-c2nc(-c3ccccc3)nc(-n3c4ccccc4c4ccc5c(ccc6c7ccccc7n(-c7ccccc7)c65)c43)n2)cc1. The number of aromatic nitrogens is 13. The van der Waals surface area contributed by atoms with Crippen LogP contribution in [-0.2, 0) is 0 Å². The topological polar surface area (TPSA) is 131 Å².